The van der Waals surface area contributed by atoms with Gasteiger partial charge >= 0.3 is 5.97 Å². The number of nitrogens with one attached hydrogen (secondary N) is 2. The maximum Gasteiger partial charge on any atom is 0.338 e. The minimum atomic E-state index is -0.928. The van der Waals surface area contributed by atoms with Gasteiger partial charge < -0.3 is 15.4 Å². The lowest BCUT2D eigenvalue weighted by molar-refractivity contribution is -0.384. The van der Waals surface area contributed by atoms with Gasteiger partial charge in [0.1, 0.15) is 5.69 Å². The Labute approximate surface area is 178 Å². The van der Waals surface area contributed by atoms with E-state index in [0.29, 0.717) is 0 Å². The molecule has 2 rings (SSSR count). The number of nitro benzene ring substituents is 1. The first-order chi connectivity index (χ1) is 13.1. The van der Waals surface area contributed by atoms with Crippen LogP contribution in [0, 0.1) is 10.1 Å². The third-order valence-electron chi connectivity index (χ3n) is 3.41. The molecular formula is C16H11Cl4N3O5. The minimum absolute atomic E-state index is 0.0316. The first kappa shape index (κ1) is 22.0. The predicted octanol–water partition coefficient (Wildman–Crippen LogP) is 5.05. The molecule has 0 aromatic heterocycles. The smallest absolute Gasteiger partial charge is 0.338 e. The number of amides is 1. The normalized spacial score (nSPS) is 10.3. The molecule has 0 aliphatic rings. The molecule has 0 spiro atoms. The second-order valence-electron chi connectivity index (χ2n) is 5.21. The number of nitrogens with zero attached hydrogens (tertiary/aromatic N) is 1. The van der Waals surface area contributed by atoms with Crippen molar-refractivity contribution in [2.75, 3.05) is 24.3 Å². The van der Waals surface area contributed by atoms with Crippen LogP contribution in [0.25, 0.3) is 0 Å². The SMILES string of the molecule is CNc1ccc(C(=O)OCC(=O)Nc2c(Cl)c(Cl)cc(Cl)c2Cl)cc1[N+](=O)[O-]. The molecule has 2 aromatic carbocycles. The number of carbonyl (C=O) groups is 2. The molecule has 12 heteroatoms. The highest BCUT2D eigenvalue weighted by Gasteiger charge is 2.20. The van der Waals surface area contributed by atoms with E-state index in [9.17, 15) is 19.7 Å². The first-order valence-electron chi connectivity index (χ1n) is 7.41. The zero-order valence-electron chi connectivity index (χ0n) is 14.0. The highest BCUT2D eigenvalue weighted by Crippen LogP contribution is 2.41. The lowest BCUT2D eigenvalue weighted by Gasteiger charge is -2.12. The molecule has 1 amide bonds. The number of hydrogen-bond donors (Lipinski definition) is 2. The largest absolute Gasteiger partial charge is 0.452 e. The van der Waals surface area contributed by atoms with Gasteiger partial charge in [0.15, 0.2) is 6.61 Å². The molecule has 148 valence electrons. The van der Waals surface area contributed by atoms with Crippen molar-refractivity contribution in [3.05, 3.63) is 60.0 Å². The molecule has 2 aromatic rings. The summed E-state index contributed by atoms with van der Waals surface area (Å²) < 4.78 is 4.86. The summed E-state index contributed by atoms with van der Waals surface area (Å²) in [6.07, 6.45) is 0. The molecule has 28 heavy (non-hydrogen) atoms. The number of rotatable bonds is 6. The third-order valence-corrected chi connectivity index (χ3v) is 4.98. The number of esters is 1. The van der Waals surface area contributed by atoms with Gasteiger partial charge in [0.05, 0.1) is 36.3 Å². The van der Waals surface area contributed by atoms with Crippen molar-refractivity contribution < 1.29 is 19.2 Å². The fraction of sp³-hybridized carbons (Fsp3) is 0.125. The molecule has 0 bridgehead atoms. The Morgan fingerprint density at radius 2 is 1.71 bits per heavy atom. The molecule has 0 fully saturated rings. The van der Waals surface area contributed by atoms with E-state index in [1.807, 2.05) is 0 Å². The first-order valence-corrected chi connectivity index (χ1v) is 8.93. The molecule has 0 heterocycles. The van der Waals surface area contributed by atoms with Gasteiger partial charge in [-0.05, 0) is 18.2 Å². The van der Waals surface area contributed by atoms with E-state index in [1.54, 1.807) is 0 Å². The van der Waals surface area contributed by atoms with E-state index in [-0.39, 0.29) is 42.7 Å². The Kier molecular flexibility index (Phi) is 7.31. The molecular weight excluding hydrogens is 456 g/mol. The van der Waals surface area contributed by atoms with E-state index in [1.165, 1.54) is 25.2 Å². The number of ether oxygens (including phenoxy) is 1. The average Bonchev–Trinajstić information content (AvgIpc) is 2.67. The summed E-state index contributed by atoms with van der Waals surface area (Å²) in [6.45, 7) is -0.697. The third kappa shape index (κ3) is 4.96. The number of hydrogen-bond acceptors (Lipinski definition) is 6. The molecule has 0 aliphatic heterocycles. The summed E-state index contributed by atoms with van der Waals surface area (Å²) in [5, 5.41) is 16.1. The monoisotopic (exact) mass is 465 g/mol. The fourth-order valence-corrected chi connectivity index (χ4v) is 3.00. The lowest BCUT2D eigenvalue weighted by atomic mass is 10.1. The van der Waals surface area contributed by atoms with Gasteiger partial charge in [0.2, 0.25) is 0 Å². The van der Waals surface area contributed by atoms with Crippen LogP contribution in [0.5, 0.6) is 0 Å². The molecule has 0 unspecified atom stereocenters. The number of carbonyl (C=O) groups excluding carboxylic acids is 2. The second kappa shape index (κ2) is 9.29. The van der Waals surface area contributed by atoms with Crippen molar-refractivity contribution in [1.29, 1.82) is 0 Å². The van der Waals surface area contributed by atoms with Crippen LogP contribution in [0.1, 0.15) is 10.4 Å². The molecule has 8 nitrogen and oxygen atoms in total. The Balaban J connectivity index is 2.09. The average molecular weight is 467 g/mol. The van der Waals surface area contributed by atoms with Crippen LogP contribution in [0.4, 0.5) is 17.1 Å². The molecule has 0 radical (unpaired) electrons. The Bertz CT molecular complexity index is 942. The minimum Gasteiger partial charge on any atom is -0.452 e. The van der Waals surface area contributed by atoms with Gasteiger partial charge in [-0.25, -0.2) is 4.79 Å². The van der Waals surface area contributed by atoms with Crippen LogP contribution < -0.4 is 10.6 Å². The molecule has 0 saturated carbocycles. The van der Waals surface area contributed by atoms with Gasteiger partial charge in [-0.3, -0.25) is 14.9 Å². The van der Waals surface area contributed by atoms with E-state index in [0.717, 1.165) is 6.07 Å². The van der Waals surface area contributed by atoms with Gasteiger partial charge in [0, 0.05) is 13.1 Å². The van der Waals surface area contributed by atoms with Crippen molar-refractivity contribution >= 4 is 75.3 Å². The molecule has 0 saturated heterocycles. The van der Waals surface area contributed by atoms with Crippen LogP contribution in [0.2, 0.25) is 20.1 Å². The topological polar surface area (TPSA) is 111 Å². The highest BCUT2D eigenvalue weighted by atomic mass is 35.5. The van der Waals surface area contributed by atoms with Gasteiger partial charge in [0.25, 0.3) is 11.6 Å². The van der Waals surface area contributed by atoms with Crippen LogP contribution in [0.3, 0.4) is 0 Å². The molecule has 0 atom stereocenters. The van der Waals surface area contributed by atoms with Crippen LogP contribution >= 0.6 is 46.4 Å². The Morgan fingerprint density at radius 3 is 2.25 bits per heavy atom. The maximum atomic E-state index is 12.1. The van der Waals surface area contributed by atoms with E-state index < -0.39 is 23.4 Å². The summed E-state index contributed by atoms with van der Waals surface area (Å²) in [5.41, 5.74) is -0.216. The van der Waals surface area contributed by atoms with E-state index in [2.05, 4.69) is 10.6 Å². The Hall–Kier alpha value is -2.26. The van der Waals surface area contributed by atoms with Crippen LogP contribution in [-0.4, -0.2) is 30.5 Å². The molecule has 0 aliphatic carbocycles. The van der Waals surface area contributed by atoms with Crippen LogP contribution in [-0.2, 0) is 9.53 Å². The number of anilines is 2. The van der Waals surface area contributed by atoms with Gasteiger partial charge in [-0.15, -0.1) is 0 Å². The number of benzene rings is 2. The van der Waals surface area contributed by atoms with Crippen molar-refractivity contribution in [3.63, 3.8) is 0 Å². The van der Waals surface area contributed by atoms with Gasteiger partial charge in [-0.2, -0.15) is 0 Å². The maximum absolute atomic E-state index is 12.1. The van der Waals surface area contributed by atoms with Gasteiger partial charge in [-0.1, -0.05) is 46.4 Å². The van der Waals surface area contributed by atoms with Crippen LogP contribution in [0.15, 0.2) is 24.3 Å². The highest BCUT2D eigenvalue weighted by molar-refractivity contribution is 6.50. The van der Waals surface area contributed by atoms with Crippen molar-refractivity contribution in [2.24, 2.45) is 0 Å². The fourth-order valence-electron chi connectivity index (χ4n) is 2.09. The standard InChI is InChI=1S/C16H11Cl4N3O5/c1-21-10-3-2-7(4-11(10)23(26)27)16(25)28-6-12(24)22-15-13(19)8(17)5-9(18)14(15)20/h2-5,21H,6H2,1H3,(H,22,24). The summed E-state index contributed by atoms with van der Waals surface area (Å²) in [5.74, 6) is -1.70. The van der Waals surface area contributed by atoms with Crippen molar-refractivity contribution in [1.82, 2.24) is 0 Å². The van der Waals surface area contributed by atoms with Crippen molar-refractivity contribution in [2.45, 2.75) is 0 Å². The zero-order chi connectivity index (χ0) is 21.0. The summed E-state index contributed by atoms with van der Waals surface area (Å²) in [4.78, 5) is 34.5. The Morgan fingerprint density at radius 1 is 1.11 bits per heavy atom. The number of nitro groups is 1. The van der Waals surface area contributed by atoms with Crippen molar-refractivity contribution in [3.8, 4) is 0 Å². The predicted molar refractivity (Wildman–Crippen MR) is 108 cm³/mol. The molecule has 2 N–H and O–H groups in total. The quantitative estimate of drug-likeness (QED) is 0.267. The summed E-state index contributed by atoms with van der Waals surface area (Å²) in [6, 6.07) is 5.02. The lowest BCUT2D eigenvalue weighted by Crippen LogP contribution is -2.21. The van der Waals surface area contributed by atoms with E-state index >= 15 is 0 Å². The summed E-state index contributed by atoms with van der Waals surface area (Å²) >= 11 is 23.7. The second-order valence-corrected chi connectivity index (χ2v) is 6.78. The number of halogens is 4. The zero-order valence-corrected chi connectivity index (χ0v) is 17.0. The van der Waals surface area contributed by atoms with E-state index in [4.69, 9.17) is 51.1 Å². The summed E-state index contributed by atoms with van der Waals surface area (Å²) in [7, 11) is 1.50.